The summed E-state index contributed by atoms with van der Waals surface area (Å²) in [5, 5.41) is 6.75. The van der Waals surface area contributed by atoms with Crippen LogP contribution in [0.3, 0.4) is 0 Å². The summed E-state index contributed by atoms with van der Waals surface area (Å²) in [4.78, 5) is 45.5. The summed E-state index contributed by atoms with van der Waals surface area (Å²) < 4.78 is 6.46. The highest BCUT2D eigenvalue weighted by atomic mass is 35.5. The Morgan fingerprint density at radius 1 is 1.18 bits per heavy atom. The summed E-state index contributed by atoms with van der Waals surface area (Å²) in [5.74, 6) is -2.13. The number of nitrogens with zero attached hydrogens (tertiary/aromatic N) is 2. The minimum Gasteiger partial charge on any atom is -0.359 e. The molecule has 2 N–H and O–H groups in total. The van der Waals surface area contributed by atoms with E-state index in [0.29, 0.717) is 23.8 Å². The first kappa shape index (κ1) is 28.1. The minimum absolute atomic E-state index is 0.110. The molecule has 4 aliphatic rings. The molecule has 1 spiro atoms. The van der Waals surface area contributed by atoms with Crippen LogP contribution in [0.5, 0.6) is 0 Å². The van der Waals surface area contributed by atoms with Gasteiger partial charge in [0.1, 0.15) is 11.6 Å². The molecule has 5 rings (SSSR count). The molecule has 9 heteroatoms. The number of ether oxygens (including phenoxy) is 1. The number of aryl methyl sites for hydroxylation is 1. The van der Waals surface area contributed by atoms with Gasteiger partial charge in [0.25, 0.3) is 0 Å². The second kappa shape index (κ2) is 11.6. The predicted molar refractivity (Wildman–Crippen MR) is 151 cm³/mol. The summed E-state index contributed by atoms with van der Waals surface area (Å²) in [6.45, 7) is 6.03. The molecule has 0 radical (unpaired) electrons. The van der Waals surface area contributed by atoms with Crippen LogP contribution in [0.1, 0.15) is 57.4 Å². The molecule has 0 unspecified atom stereocenters. The Labute approximate surface area is 236 Å². The molecule has 212 valence electrons. The van der Waals surface area contributed by atoms with Gasteiger partial charge < -0.3 is 25.2 Å². The molecule has 3 heterocycles. The van der Waals surface area contributed by atoms with E-state index in [1.807, 2.05) is 32.2 Å². The van der Waals surface area contributed by atoms with Gasteiger partial charge in [-0.15, -0.1) is 0 Å². The van der Waals surface area contributed by atoms with Gasteiger partial charge in [-0.25, -0.2) is 0 Å². The maximum Gasteiger partial charge on any atom is 0.246 e. The quantitative estimate of drug-likeness (QED) is 0.426. The Hall–Kier alpha value is -2.42. The zero-order valence-corrected chi connectivity index (χ0v) is 24.0. The molecule has 8 nitrogen and oxygen atoms in total. The van der Waals surface area contributed by atoms with Crippen LogP contribution in [0.25, 0.3) is 0 Å². The van der Waals surface area contributed by atoms with E-state index >= 15 is 0 Å². The lowest BCUT2D eigenvalue weighted by molar-refractivity contribution is -0.141. The number of anilines is 1. The lowest BCUT2D eigenvalue weighted by atomic mass is 9.74. The number of carbonyl (C=O) groups is 3. The summed E-state index contributed by atoms with van der Waals surface area (Å²) in [6, 6.07) is 4.67. The van der Waals surface area contributed by atoms with Crippen molar-refractivity contribution in [3.8, 4) is 0 Å². The number of benzene rings is 1. The van der Waals surface area contributed by atoms with Crippen molar-refractivity contribution in [2.75, 3.05) is 32.0 Å². The third-order valence-electron chi connectivity index (χ3n) is 8.93. The van der Waals surface area contributed by atoms with Crippen molar-refractivity contribution in [1.29, 1.82) is 0 Å². The third-order valence-corrected chi connectivity index (χ3v) is 9.34. The molecule has 3 amide bonds. The number of fused-ring (bicyclic) bond motifs is 1. The Kier molecular flexibility index (Phi) is 8.36. The van der Waals surface area contributed by atoms with E-state index in [0.717, 1.165) is 50.6 Å². The maximum absolute atomic E-state index is 14.1. The van der Waals surface area contributed by atoms with E-state index in [9.17, 15) is 14.4 Å². The first-order valence-electron chi connectivity index (χ1n) is 14.5. The molecule has 5 atom stereocenters. The number of rotatable bonds is 10. The van der Waals surface area contributed by atoms with Gasteiger partial charge in [0.05, 0.1) is 17.9 Å². The van der Waals surface area contributed by atoms with Crippen molar-refractivity contribution in [3.05, 3.63) is 40.9 Å². The van der Waals surface area contributed by atoms with Crippen molar-refractivity contribution in [1.82, 2.24) is 15.1 Å². The molecule has 39 heavy (non-hydrogen) atoms. The van der Waals surface area contributed by atoms with Gasteiger partial charge in [-0.1, -0.05) is 62.4 Å². The molecule has 3 fully saturated rings. The molecule has 3 aliphatic heterocycles. The Morgan fingerprint density at radius 3 is 2.67 bits per heavy atom. The average molecular weight is 557 g/mol. The second-order valence-electron chi connectivity index (χ2n) is 11.7. The van der Waals surface area contributed by atoms with Crippen molar-refractivity contribution < 1.29 is 19.1 Å². The monoisotopic (exact) mass is 556 g/mol. The highest BCUT2D eigenvalue weighted by molar-refractivity contribution is 6.31. The van der Waals surface area contributed by atoms with Crippen LogP contribution in [-0.2, 0) is 19.1 Å². The van der Waals surface area contributed by atoms with Crippen LogP contribution in [0.15, 0.2) is 30.4 Å². The third kappa shape index (κ3) is 5.35. The molecule has 1 aromatic rings. The number of carbonyl (C=O) groups excluding carboxylic acids is 3. The van der Waals surface area contributed by atoms with Crippen molar-refractivity contribution in [2.24, 2.45) is 11.8 Å². The highest BCUT2D eigenvalue weighted by Crippen LogP contribution is 2.55. The molecule has 1 aromatic carbocycles. The SMILES string of the molecule is CCCCN(C)CCN1C(=O)[C@@H]2[C@@H](C(=O)Nc3ccc(C)c(Cl)c3)[C@@H]3C=C[C@@]2(O3)[C@H]1C(=O)NC1CCCCC1. The smallest absolute Gasteiger partial charge is 0.246 e. The Balaban J connectivity index is 1.40. The average Bonchev–Trinajstić information content (AvgIpc) is 3.56. The number of amides is 3. The first-order chi connectivity index (χ1) is 18.7. The van der Waals surface area contributed by atoms with Gasteiger partial charge >= 0.3 is 0 Å². The molecule has 2 saturated heterocycles. The number of hydrogen-bond donors (Lipinski definition) is 2. The minimum atomic E-state index is -1.14. The van der Waals surface area contributed by atoms with Gasteiger partial charge in [-0.05, 0) is 57.5 Å². The number of halogens is 1. The fourth-order valence-corrected chi connectivity index (χ4v) is 6.93. The molecule has 1 saturated carbocycles. The van der Waals surface area contributed by atoms with Crippen LogP contribution >= 0.6 is 11.6 Å². The number of unbranched alkanes of at least 4 members (excludes halogenated alkanes) is 1. The summed E-state index contributed by atoms with van der Waals surface area (Å²) >= 11 is 6.28. The van der Waals surface area contributed by atoms with E-state index in [-0.39, 0.29) is 23.8 Å². The van der Waals surface area contributed by atoms with Crippen LogP contribution in [0, 0.1) is 18.8 Å². The molecular formula is C30H41ClN4O4. The van der Waals surface area contributed by atoms with Gasteiger partial charge in [-0.2, -0.15) is 0 Å². The normalized spacial score (nSPS) is 29.8. The van der Waals surface area contributed by atoms with Crippen LogP contribution in [0.2, 0.25) is 5.02 Å². The fraction of sp³-hybridized carbons (Fsp3) is 0.633. The second-order valence-corrected chi connectivity index (χ2v) is 12.1. The van der Waals surface area contributed by atoms with E-state index in [1.165, 1.54) is 6.42 Å². The number of likely N-dealkylation sites (N-methyl/N-ethyl adjacent to an activating group) is 1. The van der Waals surface area contributed by atoms with E-state index < -0.39 is 29.6 Å². The van der Waals surface area contributed by atoms with Crippen LogP contribution in [-0.4, -0.2) is 78.0 Å². The fourth-order valence-electron chi connectivity index (χ4n) is 6.75. The zero-order chi connectivity index (χ0) is 27.7. The molecule has 0 aromatic heterocycles. The van der Waals surface area contributed by atoms with Crippen LogP contribution < -0.4 is 10.6 Å². The Morgan fingerprint density at radius 2 is 1.95 bits per heavy atom. The molecular weight excluding hydrogens is 516 g/mol. The molecule has 1 aliphatic carbocycles. The topological polar surface area (TPSA) is 91.0 Å². The van der Waals surface area contributed by atoms with Crippen LogP contribution in [0.4, 0.5) is 5.69 Å². The lowest BCUT2D eigenvalue weighted by Crippen LogP contribution is -2.57. The number of nitrogens with one attached hydrogen (secondary N) is 2. The Bertz CT molecular complexity index is 1140. The van der Waals surface area contributed by atoms with E-state index in [2.05, 4.69) is 22.5 Å². The predicted octanol–water partition coefficient (Wildman–Crippen LogP) is 3.92. The van der Waals surface area contributed by atoms with Crippen molar-refractivity contribution in [2.45, 2.75) is 82.6 Å². The number of hydrogen-bond acceptors (Lipinski definition) is 5. The largest absolute Gasteiger partial charge is 0.359 e. The lowest BCUT2D eigenvalue weighted by Gasteiger charge is -2.34. The van der Waals surface area contributed by atoms with Crippen molar-refractivity contribution in [3.63, 3.8) is 0 Å². The van der Waals surface area contributed by atoms with E-state index in [1.54, 1.807) is 17.0 Å². The maximum atomic E-state index is 14.1. The summed E-state index contributed by atoms with van der Waals surface area (Å²) in [6.07, 6.45) is 10.6. The van der Waals surface area contributed by atoms with Crippen molar-refractivity contribution >= 4 is 35.0 Å². The standard InChI is InChI=1S/C30H41ClN4O4/c1-4-5-15-34(3)16-17-35-26(28(37)32-20-9-7-6-8-10-20)30-14-13-23(39-30)24(25(30)29(35)38)27(36)33-21-12-11-19(2)22(31)18-21/h11-14,18,20,23-26H,4-10,15-17H2,1-3H3,(H,32,37)(H,33,36)/t23-,24-,25-,26+,30-/m0/s1. The number of likely N-dealkylation sites (tertiary alicyclic amines) is 1. The van der Waals surface area contributed by atoms with Gasteiger partial charge in [0.15, 0.2) is 0 Å². The highest BCUT2D eigenvalue weighted by Gasteiger charge is 2.72. The summed E-state index contributed by atoms with van der Waals surface area (Å²) in [5.41, 5.74) is 0.343. The van der Waals surface area contributed by atoms with E-state index in [4.69, 9.17) is 16.3 Å². The van der Waals surface area contributed by atoms with Gasteiger partial charge in [-0.3, -0.25) is 14.4 Å². The first-order valence-corrected chi connectivity index (χ1v) is 14.9. The zero-order valence-electron chi connectivity index (χ0n) is 23.2. The molecule has 2 bridgehead atoms. The van der Waals surface area contributed by atoms with Gasteiger partial charge in [0, 0.05) is 29.8 Å². The van der Waals surface area contributed by atoms with Gasteiger partial charge in [0.2, 0.25) is 17.7 Å². The summed E-state index contributed by atoms with van der Waals surface area (Å²) in [7, 11) is 2.04.